The van der Waals surface area contributed by atoms with Gasteiger partial charge in [-0.1, -0.05) is 12.1 Å². The zero-order valence-corrected chi connectivity index (χ0v) is 13.4. The Kier molecular flexibility index (Phi) is 4.57. The Balaban J connectivity index is 1.84. The van der Waals surface area contributed by atoms with Crippen LogP contribution in [-0.2, 0) is 23.0 Å². The maximum absolute atomic E-state index is 13.8. The molecule has 2 aromatic rings. The third kappa shape index (κ3) is 3.01. The maximum atomic E-state index is 13.8. The molecule has 24 heavy (non-hydrogen) atoms. The minimum absolute atomic E-state index is 0.0394. The summed E-state index contributed by atoms with van der Waals surface area (Å²) in [5, 5.41) is 7.91. The average Bonchev–Trinajstić information content (AvgIpc) is 3.17. The van der Waals surface area contributed by atoms with E-state index in [1.807, 2.05) is 0 Å². The van der Waals surface area contributed by atoms with Crippen molar-refractivity contribution in [2.75, 3.05) is 13.7 Å². The number of amides is 1. The molecule has 3 rings (SSSR count). The van der Waals surface area contributed by atoms with Crippen LogP contribution in [0.15, 0.2) is 24.5 Å². The fraction of sp³-hybridized carbons (Fsp3) is 0.438. The fourth-order valence-corrected chi connectivity index (χ4v) is 3.03. The molecule has 1 aromatic heterocycles. The van der Waals surface area contributed by atoms with Crippen LogP contribution in [0.1, 0.15) is 23.9 Å². The summed E-state index contributed by atoms with van der Waals surface area (Å²) >= 11 is 0. The highest BCUT2D eigenvalue weighted by atomic mass is 19.2. The second-order valence-electron chi connectivity index (χ2n) is 5.85. The molecular formula is C16H18F2N4O2. The molecule has 1 aliphatic heterocycles. The molecule has 0 radical (unpaired) electrons. The average molecular weight is 336 g/mol. The molecule has 1 amide bonds. The van der Waals surface area contributed by atoms with Crippen LogP contribution in [-0.4, -0.2) is 45.3 Å². The standard InChI is InChI=1S/C16H18F2N4O2/c1-21-9-19-20-16(21)13-7-11(24-2)8-22(13)14(23)6-10-4-3-5-12(17)15(10)18/h3-5,9,11,13H,6-8H2,1-2H3/t11-,13+/m1/s1. The SMILES string of the molecule is CO[C@@H]1C[C@@H](c2nncn2C)N(C(=O)Cc2cccc(F)c2F)C1. The van der Waals surface area contributed by atoms with Gasteiger partial charge in [-0.3, -0.25) is 4.79 Å². The molecule has 6 nitrogen and oxygen atoms in total. The number of hydrogen-bond acceptors (Lipinski definition) is 4. The van der Waals surface area contributed by atoms with Crippen LogP contribution in [0.2, 0.25) is 0 Å². The van der Waals surface area contributed by atoms with Crippen molar-refractivity contribution in [2.24, 2.45) is 7.05 Å². The highest BCUT2D eigenvalue weighted by Crippen LogP contribution is 2.32. The summed E-state index contributed by atoms with van der Waals surface area (Å²) < 4.78 is 34.3. The van der Waals surface area contributed by atoms with E-state index in [2.05, 4.69) is 10.2 Å². The van der Waals surface area contributed by atoms with Gasteiger partial charge in [0.1, 0.15) is 6.33 Å². The molecule has 2 atom stereocenters. The molecule has 2 heterocycles. The van der Waals surface area contributed by atoms with Gasteiger partial charge < -0.3 is 14.2 Å². The van der Waals surface area contributed by atoms with E-state index < -0.39 is 11.6 Å². The predicted octanol–water partition coefficient (Wildman–Crippen LogP) is 1.62. The molecule has 0 bridgehead atoms. The van der Waals surface area contributed by atoms with Gasteiger partial charge in [0.2, 0.25) is 5.91 Å². The Hall–Kier alpha value is -2.35. The number of carbonyl (C=O) groups is 1. The van der Waals surface area contributed by atoms with Gasteiger partial charge in [0.15, 0.2) is 17.5 Å². The third-order valence-corrected chi connectivity index (χ3v) is 4.33. The molecule has 1 saturated heterocycles. The first kappa shape index (κ1) is 16.5. The fourth-order valence-electron chi connectivity index (χ4n) is 3.03. The lowest BCUT2D eigenvalue weighted by Crippen LogP contribution is -2.34. The van der Waals surface area contributed by atoms with Gasteiger partial charge in [-0.05, 0) is 6.07 Å². The van der Waals surface area contributed by atoms with E-state index in [0.29, 0.717) is 18.8 Å². The van der Waals surface area contributed by atoms with Gasteiger partial charge in [-0.2, -0.15) is 0 Å². The number of likely N-dealkylation sites (tertiary alicyclic amines) is 1. The zero-order valence-electron chi connectivity index (χ0n) is 13.4. The van der Waals surface area contributed by atoms with E-state index in [0.717, 1.165) is 6.07 Å². The Morgan fingerprint density at radius 1 is 1.42 bits per heavy atom. The number of halogens is 2. The Morgan fingerprint density at radius 3 is 2.88 bits per heavy atom. The number of carbonyl (C=O) groups excluding carboxylic acids is 1. The van der Waals surface area contributed by atoms with Crippen molar-refractivity contribution in [1.29, 1.82) is 0 Å². The minimum atomic E-state index is -0.983. The lowest BCUT2D eigenvalue weighted by Gasteiger charge is -2.23. The normalized spacial score (nSPS) is 20.6. The number of benzene rings is 1. The zero-order chi connectivity index (χ0) is 17.3. The number of aromatic nitrogens is 3. The molecule has 0 unspecified atom stereocenters. The first-order valence-electron chi connectivity index (χ1n) is 7.60. The lowest BCUT2D eigenvalue weighted by atomic mass is 10.1. The number of aryl methyl sites for hydroxylation is 1. The molecule has 1 fully saturated rings. The monoisotopic (exact) mass is 336 g/mol. The molecule has 0 spiro atoms. The molecular weight excluding hydrogens is 318 g/mol. The second-order valence-corrected chi connectivity index (χ2v) is 5.85. The van der Waals surface area contributed by atoms with Crippen molar-refractivity contribution >= 4 is 5.91 Å². The first-order chi connectivity index (χ1) is 11.5. The van der Waals surface area contributed by atoms with E-state index in [1.165, 1.54) is 12.1 Å². The summed E-state index contributed by atoms with van der Waals surface area (Å²) in [5.74, 6) is -1.60. The van der Waals surface area contributed by atoms with Crippen molar-refractivity contribution in [3.63, 3.8) is 0 Å². The first-order valence-corrected chi connectivity index (χ1v) is 7.60. The van der Waals surface area contributed by atoms with Crippen molar-refractivity contribution in [3.8, 4) is 0 Å². The van der Waals surface area contributed by atoms with Gasteiger partial charge in [0.25, 0.3) is 0 Å². The Labute approximate surface area is 138 Å². The lowest BCUT2D eigenvalue weighted by molar-refractivity contribution is -0.132. The number of hydrogen-bond donors (Lipinski definition) is 0. The third-order valence-electron chi connectivity index (χ3n) is 4.33. The van der Waals surface area contributed by atoms with E-state index in [4.69, 9.17) is 4.74 Å². The summed E-state index contributed by atoms with van der Waals surface area (Å²) in [7, 11) is 3.38. The largest absolute Gasteiger partial charge is 0.380 e. The van der Waals surface area contributed by atoms with Crippen molar-refractivity contribution in [2.45, 2.75) is 25.0 Å². The van der Waals surface area contributed by atoms with Crippen LogP contribution < -0.4 is 0 Å². The molecule has 1 aliphatic rings. The summed E-state index contributed by atoms with van der Waals surface area (Å²) in [6.45, 7) is 0.379. The van der Waals surface area contributed by atoms with E-state index in [-0.39, 0.29) is 30.0 Å². The summed E-state index contributed by atoms with van der Waals surface area (Å²) in [5.41, 5.74) is 0.0394. The molecule has 128 valence electrons. The van der Waals surface area contributed by atoms with Crippen LogP contribution in [0, 0.1) is 11.6 Å². The van der Waals surface area contributed by atoms with Gasteiger partial charge in [0, 0.05) is 32.7 Å². The van der Waals surface area contributed by atoms with Crippen molar-refractivity contribution in [1.82, 2.24) is 19.7 Å². The highest BCUT2D eigenvalue weighted by Gasteiger charge is 2.38. The molecule has 0 N–H and O–H groups in total. The predicted molar refractivity (Wildman–Crippen MR) is 80.9 cm³/mol. The molecule has 0 aliphatic carbocycles. The highest BCUT2D eigenvalue weighted by molar-refractivity contribution is 5.79. The van der Waals surface area contributed by atoms with Gasteiger partial charge in [-0.25, -0.2) is 8.78 Å². The molecule has 8 heteroatoms. The van der Waals surface area contributed by atoms with Crippen LogP contribution in [0.4, 0.5) is 8.78 Å². The number of nitrogens with zero attached hydrogens (tertiary/aromatic N) is 4. The second kappa shape index (κ2) is 6.64. The Bertz CT molecular complexity index is 749. The van der Waals surface area contributed by atoms with Crippen LogP contribution in [0.25, 0.3) is 0 Å². The van der Waals surface area contributed by atoms with E-state index in [1.54, 1.807) is 30.0 Å². The Morgan fingerprint density at radius 2 is 2.21 bits per heavy atom. The van der Waals surface area contributed by atoms with E-state index >= 15 is 0 Å². The quantitative estimate of drug-likeness (QED) is 0.851. The molecule has 1 aromatic carbocycles. The van der Waals surface area contributed by atoms with Crippen LogP contribution in [0.5, 0.6) is 0 Å². The van der Waals surface area contributed by atoms with Crippen LogP contribution >= 0.6 is 0 Å². The molecule has 0 saturated carbocycles. The van der Waals surface area contributed by atoms with Gasteiger partial charge in [0.05, 0.1) is 18.6 Å². The summed E-state index contributed by atoms with van der Waals surface area (Å²) in [4.78, 5) is 14.3. The summed E-state index contributed by atoms with van der Waals surface area (Å²) in [6, 6.07) is 3.54. The summed E-state index contributed by atoms with van der Waals surface area (Å²) in [6.07, 6.45) is 1.80. The number of methoxy groups -OCH3 is 1. The number of ether oxygens (including phenoxy) is 1. The van der Waals surface area contributed by atoms with Crippen LogP contribution in [0.3, 0.4) is 0 Å². The smallest absolute Gasteiger partial charge is 0.227 e. The van der Waals surface area contributed by atoms with Crippen molar-refractivity contribution < 1.29 is 18.3 Å². The van der Waals surface area contributed by atoms with E-state index in [9.17, 15) is 13.6 Å². The van der Waals surface area contributed by atoms with Crippen molar-refractivity contribution in [3.05, 3.63) is 47.5 Å². The van der Waals surface area contributed by atoms with Gasteiger partial charge in [-0.15, -0.1) is 10.2 Å². The number of rotatable bonds is 4. The maximum Gasteiger partial charge on any atom is 0.227 e. The van der Waals surface area contributed by atoms with Gasteiger partial charge >= 0.3 is 0 Å². The minimum Gasteiger partial charge on any atom is -0.380 e. The topological polar surface area (TPSA) is 60.3 Å².